The van der Waals surface area contributed by atoms with Crippen molar-refractivity contribution in [3.8, 4) is 0 Å². The van der Waals surface area contributed by atoms with Crippen LogP contribution in [-0.4, -0.2) is 15.7 Å². The average Bonchev–Trinajstić information content (AvgIpc) is 2.76. The number of hydrogen-bond acceptors (Lipinski definition) is 3. The van der Waals surface area contributed by atoms with E-state index in [9.17, 15) is 9.18 Å². The minimum absolute atomic E-state index is 0.188. The fraction of sp³-hybridized carbons (Fsp3) is 0.231. The Morgan fingerprint density at radius 3 is 2.95 bits per heavy atom. The van der Waals surface area contributed by atoms with Crippen LogP contribution in [-0.2, 0) is 11.3 Å². The summed E-state index contributed by atoms with van der Waals surface area (Å²) in [5.74, 6) is -0.617. The summed E-state index contributed by atoms with van der Waals surface area (Å²) < 4.78 is 14.5. The van der Waals surface area contributed by atoms with Gasteiger partial charge in [0.1, 0.15) is 5.82 Å². The van der Waals surface area contributed by atoms with Gasteiger partial charge in [0.25, 0.3) is 0 Å². The minimum Gasteiger partial charge on any atom is -0.397 e. The second-order valence-electron chi connectivity index (χ2n) is 4.31. The fourth-order valence-electron chi connectivity index (χ4n) is 1.67. The molecule has 19 heavy (non-hydrogen) atoms. The number of rotatable bonds is 4. The maximum absolute atomic E-state index is 12.9. The Hall–Kier alpha value is -2.37. The number of nitrogen functional groups attached to an aromatic ring is 1. The van der Waals surface area contributed by atoms with Crippen molar-refractivity contribution in [2.45, 2.75) is 19.9 Å². The van der Waals surface area contributed by atoms with Gasteiger partial charge in [-0.2, -0.15) is 5.10 Å². The molecule has 0 spiro atoms. The molecule has 100 valence electrons. The number of nitrogens with one attached hydrogen (secondary N) is 1. The summed E-state index contributed by atoms with van der Waals surface area (Å²) in [4.78, 5) is 11.7. The molecule has 0 atom stereocenters. The smallest absolute Gasteiger partial charge is 0.226 e. The zero-order valence-electron chi connectivity index (χ0n) is 10.6. The molecule has 0 bridgehead atoms. The Morgan fingerprint density at radius 1 is 1.53 bits per heavy atom. The van der Waals surface area contributed by atoms with Gasteiger partial charge in [-0.3, -0.25) is 9.48 Å². The van der Waals surface area contributed by atoms with Gasteiger partial charge >= 0.3 is 0 Å². The third-order valence-electron chi connectivity index (χ3n) is 2.62. The van der Waals surface area contributed by atoms with Gasteiger partial charge in [-0.25, -0.2) is 4.39 Å². The number of benzene rings is 1. The number of hydrogen-bond donors (Lipinski definition) is 2. The van der Waals surface area contributed by atoms with E-state index >= 15 is 0 Å². The van der Waals surface area contributed by atoms with Crippen LogP contribution in [0.25, 0.3) is 0 Å². The van der Waals surface area contributed by atoms with Crippen LogP contribution in [0.4, 0.5) is 15.8 Å². The van der Waals surface area contributed by atoms with Crippen molar-refractivity contribution in [2.24, 2.45) is 0 Å². The SMILES string of the molecule is Cc1cnn(CCC(=O)Nc2ccc(F)cc2N)c1. The first kappa shape index (κ1) is 13.1. The molecular weight excluding hydrogens is 247 g/mol. The first-order chi connectivity index (χ1) is 9.04. The van der Waals surface area contributed by atoms with Crippen LogP contribution in [0.15, 0.2) is 30.6 Å². The minimum atomic E-state index is -0.428. The number of aromatic nitrogens is 2. The van der Waals surface area contributed by atoms with Crippen LogP contribution in [0.5, 0.6) is 0 Å². The van der Waals surface area contributed by atoms with Gasteiger partial charge in [-0.1, -0.05) is 0 Å². The third kappa shape index (κ3) is 3.54. The quantitative estimate of drug-likeness (QED) is 0.827. The molecule has 1 amide bonds. The van der Waals surface area contributed by atoms with Gasteiger partial charge in [0.15, 0.2) is 0 Å². The van der Waals surface area contributed by atoms with E-state index in [0.29, 0.717) is 12.2 Å². The highest BCUT2D eigenvalue weighted by atomic mass is 19.1. The molecule has 1 heterocycles. The highest BCUT2D eigenvalue weighted by molar-refractivity contribution is 5.93. The van der Waals surface area contributed by atoms with Crippen LogP contribution in [0, 0.1) is 12.7 Å². The zero-order chi connectivity index (χ0) is 13.8. The summed E-state index contributed by atoms with van der Waals surface area (Å²) in [5, 5.41) is 6.73. The normalized spacial score (nSPS) is 10.4. The van der Waals surface area contributed by atoms with Crippen molar-refractivity contribution in [3.05, 3.63) is 42.0 Å². The molecule has 0 fully saturated rings. The first-order valence-electron chi connectivity index (χ1n) is 5.88. The van der Waals surface area contributed by atoms with Crippen LogP contribution in [0.2, 0.25) is 0 Å². The van der Waals surface area contributed by atoms with Crippen LogP contribution >= 0.6 is 0 Å². The van der Waals surface area contributed by atoms with Gasteiger partial charge in [-0.05, 0) is 30.7 Å². The van der Waals surface area contributed by atoms with Crippen LogP contribution in [0.1, 0.15) is 12.0 Å². The predicted molar refractivity (Wildman–Crippen MR) is 71.0 cm³/mol. The lowest BCUT2D eigenvalue weighted by Crippen LogP contribution is -2.15. The topological polar surface area (TPSA) is 72.9 Å². The Morgan fingerprint density at radius 2 is 2.32 bits per heavy atom. The number of nitrogens with zero attached hydrogens (tertiary/aromatic N) is 2. The Balaban J connectivity index is 1.90. The number of amides is 1. The summed E-state index contributed by atoms with van der Waals surface area (Å²) in [6.45, 7) is 2.42. The number of carbonyl (C=O) groups excluding carboxylic acids is 1. The lowest BCUT2D eigenvalue weighted by Gasteiger charge is -2.08. The van der Waals surface area contributed by atoms with Crippen molar-refractivity contribution < 1.29 is 9.18 Å². The van der Waals surface area contributed by atoms with E-state index in [4.69, 9.17) is 5.73 Å². The Bertz CT molecular complexity index is 594. The van der Waals surface area contributed by atoms with Crippen LogP contribution in [0.3, 0.4) is 0 Å². The molecule has 2 rings (SSSR count). The summed E-state index contributed by atoms with van der Waals surface area (Å²) >= 11 is 0. The van der Waals surface area contributed by atoms with Crippen molar-refractivity contribution in [3.63, 3.8) is 0 Å². The highest BCUT2D eigenvalue weighted by Gasteiger charge is 2.06. The fourth-order valence-corrected chi connectivity index (χ4v) is 1.67. The van der Waals surface area contributed by atoms with E-state index in [2.05, 4.69) is 10.4 Å². The summed E-state index contributed by atoms with van der Waals surface area (Å²) in [7, 11) is 0. The molecule has 0 aliphatic heterocycles. The van der Waals surface area contributed by atoms with E-state index < -0.39 is 5.82 Å². The van der Waals surface area contributed by atoms with Gasteiger partial charge < -0.3 is 11.1 Å². The maximum atomic E-state index is 12.9. The molecule has 0 aliphatic rings. The molecule has 6 heteroatoms. The van der Waals surface area contributed by atoms with Gasteiger partial charge in [-0.15, -0.1) is 0 Å². The molecule has 0 aliphatic carbocycles. The second kappa shape index (κ2) is 5.51. The summed E-state index contributed by atoms with van der Waals surface area (Å²) in [6.07, 6.45) is 3.87. The number of anilines is 2. The van der Waals surface area contributed by atoms with Gasteiger partial charge in [0.05, 0.1) is 17.6 Å². The number of nitrogens with two attached hydrogens (primary N) is 1. The number of halogens is 1. The number of aryl methyl sites for hydroxylation is 2. The van der Waals surface area contributed by atoms with E-state index in [1.807, 2.05) is 13.1 Å². The molecule has 1 aromatic heterocycles. The molecule has 0 unspecified atom stereocenters. The lowest BCUT2D eigenvalue weighted by molar-refractivity contribution is -0.116. The Labute approximate surface area is 110 Å². The van der Waals surface area contributed by atoms with Crippen LogP contribution < -0.4 is 11.1 Å². The molecule has 0 radical (unpaired) electrons. The zero-order valence-corrected chi connectivity index (χ0v) is 10.6. The van der Waals surface area contributed by atoms with Crippen molar-refractivity contribution >= 4 is 17.3 Å². The average molecular weight is 262 g/mol. The van der Waals surface area contributed by atoms with E-state index in [-0.39, 0.29) is 18.0 Å². The second-order valence-corrected chi connectivity index (χ2v) is 4.31. The molecule has 3 N–H and O–H groups in total. The monoisotopic (exact) mass is 262 g/mol. The Kier molecular flexibility index (Phi) is 3.79. The van der Waals surface area contributed by atoms with Gasteiger partial charge in [0.2, 0.25) is 5.91 Å². The molecule has 1 aromatic carbocycles. The maximum Gasteiger partial charge on any atom is 0.226 e. The predicted octanol–water partition coefficient (Wildman–Crippen LogP) is 1.94. The van der Waals surface area contributed by atoms with E-state index in [0.717, 1.165) is 5.56 Å². The lowest BCUT2D eigenvalue weighted by atomic mass is 10.2. The van der Waals surface area contributed by atoms with Crippen molar-refractivity contribution in [2.75, 3.05) is 11.1 Å². The molecule has 0 saturated carbocycles. The van der Waals surface area contributed by atoms with Crippen molar-refractivity contribution in [1.29, 1.82) is 0 Å². The van der Waals surface area contributed by atoms with E-state index in [1.165, 1.54) is 18.2 Å². The van der Waals surface area contributed by atoms with E-state index in [1.54, 1.807) is 10.9 Å². The molecule has 5 nitrogen and oxygen atoms in total. The first-order valence-corrected chi connectivity index (χ1v) is 5.88. The summed E-state index contributed by atoms with van der Waals surface area (Å²) in [6, 6.07) is 3.87. The van der Waals surface area contributed by atoms with Crippen molar-refractivity contribution in [1.82, 2.24) is 9.78 Å². The molecule has 0 saturated heterocycles. The standard InChI is InChI=1S/C13H15FN4O/c1-9-7-16-18(8-9)5-4-13(19)17-12-3-2-10(14)6-11(12)15/h2-3,6-8H,4-5,15H2,1H3,(H,17,19). The third-order valence-corrected chi connectivity index (χ3v) is 2.62. The highest BCUT2D eigenvalue weighted by Crippen LogP contribution is 2.19. The van der Waals surface area contributed by atoms with Gasteiger partial charge in [0, 0.05) is 19.2 Å². The summed E-state index contributed by atoms with van der Waals surface area (Å²) in [5.41, 5.74) is 7.28. The molecule has 2 aromatic rings. The molecular formula is C13H15FN4O. The number of carbonyl (C=O) groups is 1. The largest absolute Gasteiger partial charge is 0.397 e.